The van der Waals surface area contributed by atoms with E-state index in [1.54, 1.807) is 12.1 Å². The zero-order valence-electron chi connectivity index (χ0n) is 14.1. The fourth-order valence-corrected chi connectivity index (χ4v) is 3.02. The number of benzene rings is 2. The normalized spacial score (nSPS) is 10.4. The molecule has 2 aromatic carbocycles. The van der Waals surface area contributed by atoms with E-state index >= 15 is 0 Å². The molecule has 3 aromatic rings. The summed E-state index contributed by atoms with van der Waals surface area (Å²) in [6.45, 7) is 2.66. The number of nitrogens with zero attached hydrogens (tertiary/aromatic N) is 2. The summed E-state index contributed by atoms with van der Waals surface area (Å²) in [6.07, 6.45) is 0.859. The smallest absolute Gasteiger partial charge is 0.250 e. The Balaban J connectivity index is 1.99. The first-order valence-corrected chi connectivity index (χ1v) is 8.14. The molecule has 124 valence electrons. The molecule has 0 radical (unpaired) electrons. The monoisotopic (exact) mass is 329 g/mol. The van der Waals surface area contributed by atoms with Gasteiger partial charge in [-0.1, -0.05) is 42.5 Å². The van der Waals surface area contributed by atoms with E-state index in [1.807, 2.05) is 43.3 Å². The number of aryl methyl sites for hydroxylation is 1. The molecule has 0 saturated carbocycles. The Morgan fingerprint density at radius 2 is 1.80 bits per heavy atom. The molecule has 4 heteroatoms. The Morgan fingerprint density at radius 3 is 2.40 bits per heavy atom. The van der Waals surface area contributed by atoms with E-state index in [1.165, 1.54) is 5.56 Å². The Bertz CT molecular complexity index is 932. The number of nitrogens with two attached hydrogens (primary N) is 1. The van der Waals surface area contributed by atoms with Crippen LogP contribution in [0.4, 0.5) is 0 Å². The van der Waals surface area contributed by atoms with Crippen LogP contribution in [0, 0.1) is 18.3 Å². The summed E-state index contributed by atoms with van der Waals surface area (Å²) in [4.78, 5) is 11.8. The van der Waals surface area contributed by atoms with Crippen LogP contribution in [0.15, 0.2) is 60.7 Å². The molecule has 0 unspecified atom stereocenters. The minimum atomic E-state index is -0.425. The number of nitriles is 1. The van der Waals surface area contributed by atoms with Crippen molar-refractivity contribution in [2.24, 2.45) is 5.73 Å². The highest BCUT2D eigenvalue weighted by Crippen LogP contribution is 2.26. The zero-order valence-corrected chi connectivity index (χ0v) is 14.1. The van der Waals surface area contributed by atoms with Crippen LogP contribution in [0.2, 0.25) is 0 Å². The van der Waals surface area contributed by atoms with E-state index in [-0.39, 0.29) is 0 Å². The molecule has 0 atom stereocenters. The van der Waals surface area contributed by atoms with E-state index in [9.17, 15) is 4.79 Å². The molecule has 25 heavy (non-hydrogen) atoms. The molecule has 1 amide bonds. The van der Waals surface area contributed by atoms with Crippen LogP contribution in [-0.4, -0.2) is 10.5 Å². The number of hydrogen-bond donors (Lipinski definition) is 1. The van der Waals surface area contributed by atoms with Crippen LogP contribution in [0.3, 0.4) is 0 Å². The summed E-state index contributed by atoms with van der Waals surface area (Å²) in [5.74, 6) is -0.425. The van der Waals surface area contributed by atoms with Gasteiger partial charge in [0.25, 0.3) is 5.91 Å². The summed E-state index contributed by atoms with van der Waals surface area (Å²) in [5, 5.41) is 8.97. The van der Waals surface area contributed by atoms with Crippen LogP contribution in [-0.2, 0) is 13.0 Å². The lowest BCUT2D eigenvalue weighted by Gasteiger charge is -2.12. The Morgan fingerprint density at radius 1 is 1.12 bits per heavy atom. The number of carbonyl (C=O) groups excluding carboxylic acids is 1. The van der Waals surface area contributed by atoms with E-state index in [4.69, 9.17) is 11.0 Å². The van der Waals surface area contributed by atoms with Gasteiger partial charge in [-0.3, -0.25) is 4.79 Å². The fraction of sp³-hybridized carbons (Fsp3) is 0.143. The highest BCUT2D eigenvalue weighted by molar-refractivity contribution is 5.95. The van der Waals surface area contributed by atoms with Crippen molar-refractivity contribution in [3.05, 3.63) is 83.0 Å². The van der Waals surface area contributed by atoms with Crippen LogP contribution in [0.25, 0.3) is 11.3 Å². The highest BCUT2D eigenvalue weighted by Gasteiger charge is 2.16. The average Bonchev–Trinajstić information content (AvgIpc) is 2.97. The fourth-order valence-electron chi connectivity index (χ4n) is 3.02. The lowest BCUT2D eigenvalue weighted by molar-refractivity contribution is 0.0999. The van der Waals surface area contributed by atoms with Gasteiger partial charge in [0.15, 0.2) is 0 Å². The molecule has 4 nitrogen and oxygen atoms in total. The summed E-state index contributed by atoms with van der Waals surface area (Å²) in [6, 6.07) is 21.5. The van der Waals surface area contributed by atoms with Gasteiger partial charge in [0.2, 0.25) is 0 Å². The van der Waals surface area contributed by atoms with E-state index in [0.29, 0.717) is 11.1 Å². The predicted octanol–water partition coefficient (Wildman–Crippen LogP) is 3.68. The van der Waals surface area contributed by atoms with Gasteiger partial charge < -0.3 is 10.3 Å². The second-order valence-electron chi connectivity index (χ2n) is 5.97. The third kappa shape index (κ3) is 3.46. The van der Waals surface area contributed by atoms with Crippen molar-refractivity contribution in [3.63, 3.8) is 0 Å². The number of amides is 1. The molecule has 0 aliphatic heterocycles. The summed E-state index contributed by atoms with van der Waals surface area (Å²) in [7, 11) is 0. The van der Waals surface area contributed by atoms with Crippen molar-refractivity contribution >= 4 is 5.91 Å². The van der Waals surface area contributed by atoms with Crippen molar-refractivity contribution in [3.8, 4) is 17.3 Å². The molecular formula is C21H19N3O. The van der Waals surface area contributed by atoms with Crippen molar-refractivity contribution < 1.29 is 4.79 Å². The Kier molecular flexibility index (Phi) is 4.67. The first-order valence-electron chi connectivity index (χ1n) is 8.14. The first-order chi connectivity index (χ1) is 12.1. The number of rotatable bonds is 5. The van der Waals surface area contributed by atoms with Crippen LogP contribution in [0.1, 0.15) is 27.2 Å². The number of aromatic nitrogens is 1. The van der Waals surface area contributed by atoms with Crippen molar-refractivity contribution in [1.29, 1.82) is 5.26 Å². The molecule has 0 fully saturated rings. The van der Waals surface area contributed by atoms with Crippen molar-refractivity contribution in [1.82, 2.24) is 4.57 Å². The maximum atomic E-state index is 11.8. The summed E-state index contributed by atoms with van der Waals surface area (Å²) < 4.78 is 2.12. The minimum absolute atomic E-state index is 0.425. The van der Waals surface area contributed by atoms with Gasteiger partial charge in [0, 0.05) is 17.9 Å². The highest BCUT2D eigenvalue weighted by atomic mass is 16.1. The second-order valence-corrected chi connectivity index (χ2v) is 5.97. The summed E-state index contributed by atoms with van der Waals surface area (Å²) >= 11 is 0. The van der Waals surface area contributed by atoms with Gasteiger partial charge in [-0.15, -0.1) is 0 Å². The van der Waals surface area contributed by atoms with Gasteiger partial charge in [-0.05, 0) is 42.7 Å². The lowest BCUT2D eigenvalue weighted by Crippen LogP contribution is -2.13. The molecule has 0 spiro atoms. The maximum Gasteiger partial charge on any atom is 0.250 e. The largest absolute Gasteiger partial charge is 0.366 e. The van der Waals surface area contributed by atoms with Gasteiger partial charge in [0.05, 0.1) is 17.2 Å². The van der Waals surface area contributed by atoms with E-state index < -0.39 is 5.91 Å². The first kappa shape index (κ1) is 16.5. The van der Waals surface area contributed by atoms with Crippen molar-refractivity contribution in [2.45, 2.75) is 19.9 Å². The molecule has 2 N–H and O–H groups in total. The summed E-state index contributed by atoms with van der Waals surface area (Å²) in [5.41, 5.74) is 10.7. The number of primary amides is 1. The van der Waals surface area contributed by atoms with Gasteiger partial charge in [-0.25, -0.2) is 0 Å². The van der Waals surface area contributed by atoms with Gasteiger partial charge in [0.1, 0.15) is 0 Å². The standard InChI is InChI=1S/C21H19N3O/c1-15-19(21(23)25)13-20(18-9-7-17(14-22)8-10-18)24(15)12-11-16-5-3-2-4-6-16/h2-10,13H,11-12H2,1H3,(H2,23,25). The third-order valence-electron chi connectivity index (χ3n) is 4.41. The molecule has 0 aliphatic rings. The van der Waals surface area contributed by atoms with Gasteiger partial charge in [-0.2, -0.15) is 5.26 Å². The molecule has 3 rings (SSSR count). The molecule has 1 aromatic heterocycles. The Hall–Kier alpha value is -3.32. The van der Waals surface area contributed by atoms with Crippen LogP contribution < -0.4 is 5.73 Å². The average molecular weight is 329 g/mol. The topological polar surface area (TPSA) is 71.8 Å². The predicted molar refractivity (Wildman–Crippen MR) is 98.0 cm³/mol. The third-order valence-corrected chi connectivity index (χ3v) is 4.41. The molecule has 1 heterocycles. The Labute approximate surface area is 147 Å². The zero-order chi connectivity index (χ0) is 17.8. The molecule has 0 saturated heterocycles. The van der Waals surface area contributed by atoms with Crippen LogP contribution in [0.5, 0.6) is 0 Å². The quantitative estimate of drug-likeness (QED) is 0.775. The molecule has 0 aliphatic carbocycles. The van der Waals surface area contributed by atoms with E-state index in [0.717, 1.165) is 29.9 Å². The SMILES string of the molecule is Cc1c(C(N)=O)cc(-c2ccc(C#N)cc2)n1CCc1ccccc1. The molecular weight excluding hydrogens is 310 g/mol. The molecule has 0 bridgehead atoms. The number of hydrogen-bond acceptors (Lipinski definition) is 2. The maximum absolute atomic E-state index is 11.8. The lowest BCUT2D eigenvalue weighted by atomic mass is 10.1. The minimum Gasteiger partial charge on any atom is -0.366 e. The number of carbonyl (C=O) groups is 1. The van der Waals surface area contributed by atoms with E-state index in [2.05, 4.69) is 22.8 Å². The van der Waals surface area contributed by atoms with Crippen LogP contribution >= 0.6 is 0 Å². The second kappa shape index (κ2) is 7.06. The van der Waals surface area contributed by atoms with Gasteiger partial charge >= 0.3 is 0 Å². The van der Waals surface area contributed by atoms with Crippen molar-refractivity contribution in [2.75, 3.05) is 0 Å².